The molecule has 1 aliphatic rings. The summed E-state index contributed by atoms with van der Waals surface area (Å²) in [7, 11) is 0. The van der Waals surface area contributed by atoms with Gasteiger partial charge < -0.3 is 10.1 Å². The number of nitrogens with one attached hydrogen (secondary N) is 1. The van der Waals surface area contributed by atoms with Gasteiger partial charge in [0, 0.05) is 6.04 Å². The smallest absolute Gasteiger partial charge is 0.119 e. The Hall–Kier alpha value is -1.02. The molecule has 0 aliphatic heterocycles. The first-order valence-electron chi connectivity index (χ1n) is 7.33. The number of hydrogen-bond acceptors (Lipinski definition) is 2. The molecule has 2 rings (SSSR count). The second-order valence-electron chi connectivity index (χ2n) is 5.12. The molecule has 0 amide bonds. The van der Waals surface area contributed by atoms with E-state index in [9.17, 15) is 0 Å². The summed E-state index contributed by atoms with van der Waals surface area (Å²) in [6.07, 6.45) is 8.08. The molecule has 0 atom stereocenters. The zero-order chi connectivity index (χ0) is 12.6. The summed E-state index contributed by atoms with van der Waals surface area (Å²) in [5, 5.41) is 3.68. The molecule has 1 fully saturated rings. The fourth-order valence-electron chi connectivity index (χ4n) is 2.65. The van der Waals surface area contributed by atoms with Gasteiger partial charge in [-0.25, -0.2) is 0 Å². The average Bonchev–Trinajstić information content (AvgIpc) is 2.42. The van der Waals surface area contributed by atoms with Gasteiger partial charge in [0.15, 0.2) is 0 Å². The molecule has 2 nitrogen and oxygen atoms in total. The number of ether oxygens (including phenoxy) is 1. The lowest BCUT2D eigenvalue weighted by molar-refractivity contribution is 0.340. The summed E-state index contributed by atoms with van der Waals surface area (Å²) < 4.78 is 5.44. The van der Waals surface area contributed by atoms with Crippen LogP contribution in [0.1, 0.15) is 44.6 Å². The molecule has 0 heterocycles. The van der Waals surface area contributed by atoms with Crippen LogP contribution in [0.5, 0.6) is 5.75 Å². The van der Waals surface area contributed by atoms with E-state index in [1.165, 1.54) is 37.7 Å². The molecule has 18 heavy (non-hydrogen) atoms. The highest BCUT2D eigenvalue weighted by atomic mass is 16.5. The molecule has 1 N–H and O–H groups in total. The summed E-state index contributed by atoms with van der Waals surface area (Å²) >= 11 is 0. The van der Waals surface area contributed by atoms with Crippen LogP contribution in [0.2, 0.25) is 0 Å². The van der Waals surface area contributed by atoms with Gasteiger partial charge in [-0.1, -0.05) is 31.4 Å². The van der Waals surface area contributed by atoms with Crippen LogP contribution in [0.25, 0.3) is 0 Å². The lowest BCUT2D eigenvalue weighted by Crippen LogP contribution is -2.32. The monoisotopic (exact) mass is 247 g/mol. The van der Waals surface area contributed by atoms with Gasteiger partial charge in [-0.3, -0.25) is 0 Å². The summed E-state index contributed by atoms with van der Waals surface area (Å²) in [6, 6.07) is 9.25. The minimum Gasteiger partial charge on any atom is -0.494 e. The summed E-state index contributed by atoms with van der Waals surface area (Å²) in [5.41, 5.74) is 1.39. The van der Waals surface area contributed by atoms with Crippen molar-refractivity contribution in [1.29, 1.82) is 0 Å². The molecule has 1 aliphatic carbocycles. The van der Waals surface area contributed by atoms with E-state index in [0.29, 0.717) is 0 Å². The summed E-state index contributed by atoms with van der Waals surface area (Å²) in [6.45, 7) is 3.85. The second-order valence-corrected chi connectivity index (χ2v) is 5.12. The molecule has 2 heteroatoms. The van der Waals surface area contributed by atoms with E-state index >= 15 is 0 Å². The number of benzene rings is 1. The lowest BCUT2D eigenvalue weighted by Gasteiger charge is -2.22. The standard InChI is InChI=1S/C16H25NO/c1-2-18-16-10-8-14(9-11-16)12-13-17-15-6-4-3-5-7-15/h8-11,15,17H,2-7,12-13H2,1H3. The molecule has 1 aromatic carbocycles. The van der Waals surface area contributed by atoms with Crippen LogP contribution in [0.3, 0.4) is 0 Å². The second kappa shape index (κ2) is 7.42. The van der Waals surface area contributed by atoms with Crippen LogP contribution >= 0.6 is 0 Å². The minimum atomic E-state index is 0.739. The molecular weight excluding hydrogens is 222 g/mol. The topological polar surface area (TPSA) is 21.3 Å². The third-order valence-corrected chi connectivity index (χ3v) is 3.69. The van der Waals surface area contributed by atoms with Crippen molar-refractivity contribution in [2.75, 3.05) is 13.2 Å². The predicted octanol–water partition coefficient (Wildman–Crippen LogP) is 3.55. The van der Waals surface area contributed by atoms with Gasteiger partial charge in [0.05, 0.1) is 6.61 Å². The Kier molecular flexibility index (Phi) is 5.53. The third kappa shape index (κ3) is 4.34. The molecule has 0 aromatic heterocycles. The van der Waals surface area contributed by atoms with Crippen molar-refractivity contribution in [1.82, 2.24) is 5.32 Å². The summed E-state index contributed by atoms with van der Waals surface area (Å²) in [5.74, 6) is 0.974. The first-order valence-corrected chi connectivity index (χ1v) is 7.33. The Labute approximate surface area is 111 Å². The van der Waals surface area contributed by atoms with Gasteiger partial charge in [0.2, 0.25) is 0 Å². The Morgan fingerprint density at radius 2 is 1.83 bits per heavy atom. The van der Waals surface area contributed by atoms with Gasteiger partial charge in [0.1, 0.15) is 5.75 Å². The molecule has 100 valence electrons. The fourth-order valence-corrected chi connectivity index (χ4v) is 2.65. The lowest BCUT2D eigenvalue weighted by atomic mass is 9.95. The molecule has 0 saturated heterocycles. The third-order valence-electron chi connectivity index (χ3n) is 3.69. The van der Waals surface area contributed by atoms with Gasteiger partial charge in [-0.05, 0) is 50.4 Å². The van der Waals surface area contributed by atoms with E-state index in [4.69, 9.17) is 4.74 Å². The average molecular weight is 247 g/mol. The highest BCUT2D eigenvalue weighted by Gasteiger charge is 2.11. The maximum Gasteiger partial charge on any atom is 0.119 e. The van der Waals surface area contributed by atoms with E-state index in [-0.39, 0.29) is 0 Å². The zero-order valence-corrected chi connectivity index (χ0v) is 11.5. The molecule has 1 aromatic rings. The van der Waals surface area contributed by atoms with E-state index < -0.39 is 0 Å². The maximum absolute atomic E-state index is 5.44. The van der Waals surface area contributed by atoms with Crippen LogP contribution in [-0.2, 0) is 6.42 Å². The number of hydrogen-bond donors (Lipinski definition) is 1. The van der Waals surface area contributed by atoms with Crippen LogP contribution in [-0.4, -0.2) is 19.2 Å². The van der Waals surface area contributed by atoms with E-state index in [1.54, 1.807) is 0 Å². The Morgan fingerprint density at radius 3 is 2.50 bits per heavy atom. The van der Waals surface area contributed by atoms with Crippen molar-refractivity contribution in [3.63, 3.8) is 0 Å². The van der Waals surface area contributed by atoms with Crippen molar-refractivity contribution >= 4 is 0 Å². The van der Waals surface area contributed by atoms with Crippen molar-refractivity contribution in [3.05, 3.63) is 29.8 Å². The van der Waals surface area contributed by atoms with Crippen molar-refractivity contribution in [2.24, 2.45) is 0 Å². The zero-order valence-electron chi connectivity index (χ0n) is 11.5. The molecule has 0 spiro atoms. The number of rotatable bonds is 6. The predicted molar refractivity (Wildman–Crippen MR) is 76.2 cm³/mol. The first kappa shape index (κ1) is 13.4. The van der Waals surface area contributed by atoms with Crippen LogP contribution in [0, 0.1) is 0 Å². The summed E-state index contributed by atoms with van der Waals surface area (Å²) in [4.78, 5) is 0. The Bertz CT molecular complexity index is 327. The van der Waals surface area contributed by atoms with Crippen molar-refractivity contribution in [2.45, 2.75) is 51.5 Å². The molecule has 0 radical (unpaired) electrons. The van der Waals surface area contributed by atoms with Gasteiger partial charge >= 0.3 is 0 Å². The van der Waals surface area contributed by atoms with Crippen LogP contribution < -0.4 is 10.1 Å². The van der Waals surface area contributed by atoms with Gasteiger partial charge in [0.25, 0.3) is 0 Å². The minimum absolute atomic E-state index is 0.739. The van der Waals surface area contributed by atoms with E-state index in [1.807, 2.05) is 6.92 Å². The van der Waals surface area contributed by atoms with Crippen molar-refractivity contribution < 1.29 is 4.74 Å². The molecule has 0 bridgehead atoms. The Morgan fingerprint density at radius 1 is 1.11 bits per heavy atom. The maximum atomic E-state index is 5.44. The molecule has 1 saturated carbocycles. The highest BCUT2D eigenvalue weighted by molar-refractivity contribution is 5.27. The normalized spacial score (nSPS) is 16.7. The Balaban J connectivity index is 1.69. The molecular formula is C16H25NO. The largest absolute Gasteiger partial charge is 0.494 e. The van der Waals surface area contributed by atoms with Crippen LogP contribution in [0.15, 0.2) is 24.3 Å². The molecule has 0 unspecified atom stereocenters. The van der Waals surface area contributed by atoms with E-state index in [2.05, 4.69) is 29.6 Å². The van der Waals surface area contributed by atoms with Crippen LogP contribution in [0.4, 0.5) is 0 Å². The quantitative estimate of drug-likeness (QED) is 0.830. The SMILES string of the molecule is CCOc1ccc(CCNC2CCCCC2)cc1. The van der Waals surface area contributed by atoms with Gasteiger partial charge in [-0.2, -0.15) is 0 Å². The van der Waals surface area contributed by atoms with E-state index in [0.717, 1.165) is 31.4 Å². The van der Waals surface area contributed by atoms with Crippen molar-refractivity contribution in [3.8, 4) is 5.75 Å². The highest BCUT2D eigenvalue weighted by Crippen LogP contribution is 2.17. The van der Waals surface area contributed by atoms with Gasteiger partial charge in [-0.15, -0.1) is 0 Å². The first-order chi connectivity index (χ1) is 8.88. The fraction of sp³-hybridized carbons (Fsp3) is 0.625.